The number of nitrogens with zero attached hydrogens (tertiary/aromatic N) is 2. The summed E-state index contributed by atoms with van der Waals surface area (Å²) in [5.74, 6) is 0. The predicted octanol–water partition coefficient (Wildman–Crippen LogP) is 0.626. The van der Waals surface area contributed by atoms with Crippen LogP contribution in [0.5, 0.6) is 0 Å². The minimum absolute atomic E-state index is 0.335. The Hall–Kier alpha value is -0.830. The van der Waals surface area contributed by atoms with Crippen LogP contribution in [0.25, 0.3) is 0 Å². The second-order valence-corrected chi connectivity index (χ2v) is 3.60. The van der Waals surface area contributed by atoms with E-state index >= 15 is 0 Å². The van der Waals surface area contributed by atoms with Gasteiger partial charge in [-0.25, -0.2) is 0 Å². The molecular formula is C9H15N3. The molecule has 0 fully saturated rings. The lowest BCUT2D eigenvalue weighted by Crippen LogP contribution is -2.22. The van der Waals surface area contributed by atoms with Crippen LogP contribution in [0, 0.1) is 0 Å². The smallest absolute Gasteiger partial charge is 0.0524 e. The Morgan fingerprint density at radius 1 is 1.67 bits per heavy atom. The Morgan fingerprint density at radius 2 is 2.50 bits per heavy atom. The van der Waals surface area contributed by atoms with Gasteiger partial charge in [-0.15, -0.1) is 0 Å². The molecule has 1 heterocycles. The van der Waals surface area contributed by atoms with Gasteiger partial charge in [0.1, 0.15) is 0 Å². The van der Waals surface area contributed by atoms with Crippen molar-refractivity contribution in [2.75, 3.05) is 0 Å². The highest BCUT2D eigenvalue weighted by Crippen LogP contribution is 2.18. The van der Waals surface area contributed by atoms with Gasteiger partial charge in [0.2, 0.25) is 0 Å². The predicted molar refractivity (Wildman–Crippen MR) is 47.8 cm³/mol. The summed E-state index contributed by atoms with van der Waals surface area (Å²) in [5, 5.41) is 4.24. The fraction of sp³-hybridized carbons (Fsp3) is 0.667. The van der Waals surface area contributed by atoms with Crippen molar-refractivity contribution in [3.63, 3.8) is 0 Å². The van der Waals surface area contributed by atoms with Crippen LogP contribution in [-0.4, -0.2) is 15.8 Å². The molecule has 3 heteroatoms. The highest BCUT2D eigenvalue weighted by Gasteiger charge is 2.16. The fourth-order valence-corrected chi connectivity index (χ4v) is 1.89. The monoisotopic (exact) mass is 165 g/mol. The summed E-state index contributed by atoms with van der Waals surface area (Å²) < 4.78 is 1.96. The fourth-order valence-electron chi connectivity index (χ4n) is 1.89. The maximum absolute atomic E-state index is 5.94. The zero-order valence-electron chi connectivity index (χ0n) is 7.45. The molecule has 0 unspecified atom stereocenters. The average Bonchev–Trinajstić information content (AvgIpc) is 2.31. The number of aromatic nitrogens is 2. The summed E-state index contributed by atoms with van der Waals surface area (Å²) >= 11 is 0. The van der Waals surface area contributed by atoms with E-state index in [0.29, 0.717) is 6.04 Å². The zero-order chi connectivity index (χ0) is 8.55. The average molecular weight is 165 g/mol. The largest absolute Gasteiger partial charge is 0.327 e. The van der Waals surface area contributed by atoms with Gasteiger partial charge in [-0.2, -0.15) is 5.10 Å². The first kappa shape index (κ1) is 7.80. The Kier molecular flexibility index (Phi) is 1.89. The zero-order valence-corrected chi connectivity index (χ0v) is 7.45. The van der Waals surface area contributed by atoms with Crippen LogP contribution < -0.4 is 5.73 Å². The van der Waals surface area contributed by atoms with Crippen LogP contribution in [-0.2, 0) is 19.9 Å². The van der Waals surface area contributed by atoms with Crippen LogP contribution in [0.4, 0.5) is 0 Å². The van der Waals surface area contributed by atoms with Crippen molar-refractivity contribution in [3.05, 3.63) is 17.5 Å². The third-order valence-electron chi connectivity index (χ3n) is 2.62. The van der Waals surface area contributed by atoms with Gasteiger partial charge in [-0.05, 0) is 24.8 Å². The lowest BCUT2D eigenvalue weighted by atomic mass is 10.1. The van der Waals surface area contributed by atoms with E-state index in [1.54, 1.807) is 0 Å². The molecule has 1 aliphatic carbocycles. The molecular weight excluding hydrogens is 150 g/mol. The molecule has 3 nitrogen and oxygen atoms in total. The molecule has 0 bridgehead atoms. The van der Waals surface area contributed by atoms with E-state index in [-0.39, 0.29) is 0 Å². The SMILES string of the molecule is Cn1ncc2c1C[C@@H](N)CCC2. The second kappa shape index (κ2) is 2.90. The molecule has 12 heavy (non-hydrogen) atoms. The van der Waals surface area contributed by atoms with E-state index in [9.17, 15) is 0 Å². The lowest BCUT2D eigenvalue weighted by Gasteiger charge is -2.07. The Bertz CT molecular complexity index is 277. The Labute approximate surface area is 72.6 Å². The molecule has 1 aromatic rings. The van der Waals surface area contributed by atoms with Gasteiger partial charge in [0.15, 0.2) is 0 Å². The van der Waals surface area contributed by atoms with Crippen molar-refractivity contribution >= 4 is 0 Å². The van der Waals surface area contributed by atoms with E-state index in [1.807, 2.05) is 17.9 Å². The molecule has 0 spiro atoms. The Balaban J connectivity index is 2.33. The number of hydrogen-bond acceptors (Lipinski definition) is 2. The van der Waals surface area contributed by atoms with Gasteiger partial charge >= 0.3 is 0 Å². The van der Waals surface area contributed by atoms with E-state index in [0.717, 1.165) is 19.3 Å². The van der Waals surface area contributed by atoms with Gasteiger partial charge in [-0.1, -0.05) is 0 Å². The van der Waals surface area contributed by atoms with E-state index in [4.69, 9.17) is 5.73 Å². The third-order valence-corrected chi connectivity index (χ3v) is 2.62. The maximum atomic E-state index is 5.94. The number of fused-ring (bicyclic) bond motifs is 1. The maximum Gasteiger partial charge on any atom is 0.0524 e. The molecule has 0 saturated heterocycles. The van der Waals surface area contributed by atoms with Gasteiger partial charge in [0.05, 0.1) is 6.20 Å². The summed E-state index contributed by atoms with van der Waals surface area (Å²) in [4.78, 5) is 0. The third kappa shape index (κ3) is 1.25. The quantitative estimate of drug-likeness (QED) is 0.573. The first-order chi connectivity index (χ1) is 5.77. The first-order valence-corrected chi connectivity index (χ1v) is 4.52. The molecule has 2 rings (SSSR count). The molecule has 2 N–H and O–H groups in total. The van der Waals surface area contributed by atoms with E-state index in [2.05, 4.69) is 5.10 Å². The number of rotatable bonds is 0. The summed E-state index contributed by atoms with van der Waals surface area (Å²) in [6.45, 7) is 0. The Morgan fingerprint density at radius 3 is 3.33 bits per heavy atom. The van der Waals surface area contributed by atoms with E-state index in [1.165, 1.54) is 17.7 Å². The molecule has 0 radical (unpaired) electrons. The van der Waals surface area contributed by atoms with Crippen LogP contribution in [0.1, 0.15) is 24.1 Å². The van der Waals surface area contributed by atoms with Gasteiger partial charge < -0.3 is 5.73 Å². The van der Waals surface area contributed by atoms with Crippen LogP contribution >= 0.6 is 0 Å². The molecule has 66 valence electrons. The molecule has 0 aromatic carbocycles. The number of nitrogens with two attached hydrogens (primary N) is 1. The van der Waals surface area contributed by atoms with Gasteiger partial charge in [-0.3, -0.25) is 4.68 Å². The second-order valence-electron chi connectivity index (χ2n) is 3.60. The van der Waals surface area contributed by atoms with Crippen molar-refractivity contribution in [2.24, 2.45) is 12.8 Å². The van der Waals surface area contributed by atoms with Gasteiger partial charge in [0.25, 0.3) is 0 Å². The normalized spacial score (nSPS) is 23.3. The first-order valence-electron chi connectivity index (χ1n) is 4.52. The topological polar surface area (TPSA) is 43.8 Å². The number of hydrogen-bond donors (Lipinski definition) is 1. The summed E-state index contributed by atoms with van der Waals surface area (Å²) in [5.41, 5.74) is 8.66. The van der Waals surface area contributed by atoms with Crippen LogP contribution in [0.2, 0.25) is 0 Å². The molecule has 1 atom stereocenters. The van der Waals surface area contributed by atoms with E-state index < -0.39 is 0 Å². The van der Waals surface area contributed by atoms with Crippen molar-refractivity contribution in [1.29, 1.82) is 0 Å². The highest BCUT2D eigenvalue weighted by atomic mass is 15.3. The molecule has 0 amide bonds. The van der Waals surface area contributed by atoms with Crippen LogP contribution in [0.3, 0.4) is 0 Å². The van der Waals surface area contributed by atoms with Crippen LogP contribution in [0.15, 0.2) is 6.20 Å². The molecule has 0 saturated carbocycles. The summed E-state index contributed by atoms with van der Waals surface area (Å²) in [6.07, 6.45) is 6.48. The number of aryl methyl sites for hydroxylation is 2. The molecule has 1 aromatic heterocycles. The summed E-state index contributed by atoms with van der Waals surface area (Å²) in [7, 11) is 2.00. The van der Waals surface area contributed by atoms with Crippen molar-refractivity contribution in [3.8, 4) is 0 Å². The van der Waals surface area contributed by atoms with Gasteiger partial charge in [0, 0.05) is 25.2 Å². The molecule has 1 aliphatic rings. The minimum atomic E-state index is 0.335. The standard InChI is InChI=1S/C9H15N3/c1-12-9-5-8(10)4-2-3-7(9)6-11-12/h6,8H,2-5,10H2,1H3/t8-/m0/s1. The van der Waals surface area contributed by atoms with Crippen molar-refractivity contribution in [2.45, 2.75) is 31.7 Å². The minimum Gasteiger partial charge on any atom is -0.327 e. The lowest BCUT2D eigenvalue weighted by molar-refractivity contribution is 0.578. The van der Waals surface area contributed by atoms with Crippen molar-refractivity contribution in [1.82, 2.24) is 9.78 Å². The van der Waals surface area contributed by atoms with Crippen molar-refractivity contribution < 1.29 is 0 Å². The molecule has 0 aliphatic heterocycles. The highest BCUT2D eigenvalue weighted by molar-refractivity contribution is 5.20. The summed E-state index contributed by atoms with van der Waals surface area (Å²) in [6, 6.07) is 0.335.